The summed E-state index contributed by atoms with van der Waals surface area (Å²) >= 11 is 0. The number of hydrogen-bond donors (Lipinski definition) is 0. The molecule has 0 spiro atoms. The highest BCUT2D eigenvalue weighted by Gasteiger charge is 2.19. The largest absolute Gasteiger partial charge is 0.256 e. The van der Waals surface area contributed by atoms with Crippen molar-refractivity contribution in [1.82, 2.24) is 4.98 Å². The van der Waals surface area contributed by atoms with E-state index in [0.29, 0.717) is 5.92 Å². The van der Waals surface area contributed by atoms with Crippen molar-refractivity contribution in [2.75, 3.05) is 0 Å². The predicted molar refractivity (Wildman–Crippen MR) is 122 cm³/mol. The molecule has 28 heavy (non-hydrogen) atoms. The Hall–Kier alpha value is -2.67. The molecular formula is C27H29N. The van der Waals surface area contributed by atoms with Gasteiger partial charge in [-0.15, -0.1) is 0 Å². The second kappa shape index (κ2) is 7.05. The average Bonchev–Trinajstić information content (AvgIpc) is 2.65. The summed E-state index contributed by atoms with van der Waals surface area (Å²) in [6.07, 6.45) is 3.06. The summed E-state index contributed by atoms with van der Waals surface area (Å²) in [5.41, 5.74) is 5.12. The van der Waals surface area contributed by atoms with E-state index < -0.39 is 0 Å². The van der Waals surface area contributed by atoms with Gasteiger partial charge in [-0.1, -0.05) is 77.1 Å². The molecule has 1 nitrogen and oxygen atoms in total. The van der Waals surface area contributed by atoms with Crippen LogP contribution in [0, 0.1) is 5.92 Å². The molecule has 0 atom stereocenters. The van der Waals surface area contributed by atoms with E-state index in [1.165, 1.54) is 38.2 Å². The second-order valence-corrected chi connectivity index (χ2v) is 9.31. The van der Waals surface area contributed by atoms with Gasteiger partial charge in [0, 0.05) is 17.1 Å². The Morgan fingerprint density at radius 2 is 1.57 bits per heavy atom. The van der Waals surface area contributed by atoms with Gasteiger partial charge < -0.3 is 0 Å². The standard InChI is InChI=1S/C27H29N/c1-18(2)14-19-10-11-24-21(15-19)12-13-28-26(24)22-16-20-8-6-7-9-23(20)25(17-22)27(3,4)5/h6-13,15-18H,14H2,1-5H3. The Labute approximate surface area is 168 Å². The molecule has 0 aliphatic carbocycles. The predicted octanol–water partition coefficient (Wildman–Crippen LogP) is 7.55. The van der Waals surface area contributed by atoms with Crippen LogP contribution in [-0.4, -0.2) is 4.98 Å². The van der Waals surface area contributed by atoms with Gasteiger partial charge in [-0.3, -0.25) is 4.98 Å². The molecule has 0 fully saturated rings. The highest BCUT2D eigenvalue weighted by molar-refractivity contribution is 5.98. The molecule has 4 aromatic rings. The van der Waals surface area contributed by atoms with Crippen molar-refractivity contribution in [2.45, 2.75) is 46.5 Å². The van der Waals surface area contributed by atoms with E-state index in [1.54, 1.807) is 0 Å². The molecule has 0 aliphatic heterocycles. The zero-order valence-electron chi connectivity index (χ0n) is 17.6. The van der Waals surface area contributed by atoms with Crippen LogP contribution in [0.15, 0.2) is 66.9 Å². The number of aromatic nitrogens is 1. The molecule has 3 aromatic carbocycles. The summed E-state index contributed by atoms with van der Waals surface area (Å²) in [7, 11) is 0. The van der Waals surface area contributed by atoms with Crippen molar-refractivity contribution < 1.29 is 0 Å². The van der Waals surface area contributed by atoms with Crippen LogP contribution in [0.1, 0.15) is 45.7 Å². The van der Waals surface area contributed by atoms with Gasteiger partial charge in [-0.25, -0.2) is 0 Å². The van der Waals surface area contributed by atoms with Crippen molar-refractivity contribution in [2.24, 2.45) is 5.92 Å². The van der Waals surface area contributed by atoms with E-state index in [9.17, 15) is 0 Å². The molecule has 0 saturated heterocycles. The zero-order chi connectivity index (χ0) is 19.9. The van der Waals surface area contributed by atoms with Crippen molar-refractivity contribution in [3.05, 3.63) is 78.0 Å². The van der Waals surface area contributed by atoms with Crippen LogP contribution in [0.3, 0.4) is 0 Å². The fourth-order valence-corrected chi connectivity index (χ4v) is 4.12. The van der Waals surface area contributed by atoms with Crippen molar-refractivity contribution in [1.29, 1.82) is 0 Å². The van der Waals surface area contributed by atoms with Gasteiger partial charge in [0.05, 0.1) is 5.69 Å². The lowest BCUT2D eigenvalue weighted by Gasteiger charge is -2.23. The smallest absolute Gasteiger partial charge is 0.0780 e. The molecule has 1 aromatic heterocycles. The molecule has 0 amide bonds. The van der Waals surface area contributed by atoms with Crippen molar-refractivity contribution in [3.8, 4) is 11.3 Å². The van der Waals surface area contributed by atoms with E-state index >= 15 is 0 Å². The normalized spacial score (nSPS) is 12.2. The van der Waals surface area contributed by atoms with E-state index in [-0.39, 0.29) is 5.41 Å². The number of benzene rings is 3. The number of pyridine rings is 1. The Morgan fingerprint density at radius 1 is 0.821 bits per heavy atom. The first-order valence-electron chi connectivity index (χ1n) is 10.2. The third kappa shape index (κ3) is 3.54. The Morgan fingerprint density at radius 3 is 2.32 bits per heavy atom. The van der Waals surface area contributed by atoms with E-state index in [0.717, 1.165) is 12.1 Å². The van der Waals surface area contributed by atoms with Crippen LogP contribution in [0.25, 0.3) is 32.8 Å². The van der Waals surface area contributed by atoms with Crippen LogP contribution in [0.4, 0.5) is 0 Å². The van der Waals surface area contributed by atoms with Gasteiger partial charge in [0.1, 0.15) is 0 Å². The van der Waals surface area contributed by atoms with Gasteiger partial charge in [-0.05, 0) is 63.2 Å². The first-order valence-corrected chi connectivity index (χ1v) is 10.2. The molecule has 0 saturated carbocycles. The lowest BCUT2D eigenvalue weighted by molar-refractivity contribution is 0.596. The second-order valence-electron chi connectivity index (χ2n) is 9.31. The minimum atomic E-state index is 0.0740. The summed E-state index contributed by atoms with van der Waals surface area (Å²) in [6, 6.07) is 22.3. The fraction of sp³-hybridized carbons (Fsp3) is 0.296. The lowest BCUT2D eigenvalue weighted by atomic mass is 9.82. The molecule has 0 N–H and O–H groups in total. The Balaban J connectivity index is 1.94. The highest BCUT2D eigenvalue weighted by atomic mass is 14.7. The molecule has 0 unspecified atom stereocenters. The van der Waals surface area contributed by atoms with E-state index in [1.807, 2.05) is 6.20 Å². The molecule has 142 valence electrons. The van der Waals surface area contributed by atoms with Crippen LogP contribution >= 0.6 is 0 Å². The topological polar surface area (TPSA) is 12.9 Å². The van der Waals surface area contributed by atoms with Crippen LogP contribution in [0.5, 0.6) is 0 Å². The number of nitrogens with zero attached hydrogens (tertiary/aromatic N) is 1. The maximum absolute atomic E-state index is 4.80. The summed E-state index contributed by atoms with van der Waals surface area (Å²) in [4.78, 5) is 4.80. The summed E-state index contributed by atoms with van der Waals surface area (Å²) < 4.78 is 0. The first-order chi connectivity index (χ1) is 13.3. The van der Waals surface area contributed by atoms with E-state index in [4.69, 9.17) is 4.98 Å². The number of hydrogen-bond acceptors (Lipinski definition) is 1. The summed E-state index contributed by atoms with van der Waals surface area (Å²) in [6.45, 7) is 11.4. The van der Waals surface area contributed by atoms with Gasteiger partial charge >= 0.3 is 0 Å². The Bertz CT molecular complexity index is 1150. The molecule has 4 rings (SSSR count). The number of fused-ring (bicyclic) bond motifs is 2. The molecule has 0 aliphatic rings. The lowest BCUT2D eigenvalue weighted by Crippen LogP contribution is -2.12. The third-order valence-corrected chi connectivity index (χ3v) is 5.42. The molecule has 1 heterocycles. The van der Waals surface area contributed by atoms with Crippen molar-refractivity contribution >= 4 is 21.5 Å². The highest BCUT2D eigenvalue weighted by Crippen LogP contribution is 2.36. The zero-order valence-corrected chi connectivity index (χ0v) is 17.6. The maximum atomic E-state index is 4.80. The van der Waals surface area contributed by atoms with Gasteiger partial charge in [0.15, 0.2) is 0 Å². The van der Waals surface area contributed by atoms with Crippen LogP contribution in [-0.2, 0) is 11.8 Å². The van der Waals surface area contributed by atoms with Crippen molar-refractivity contribution in [3.63, 3.8) is 0 Å². The van der Waals surface area contributed by atoms with Gasteiger partial charge in [0.2, 0.25) is 0 Å². The first kappa shape index (κ1) is 18.7. The van der Waals surface area contributed by atoms with Crippen LogP contribution < -0.4 is 0 Å². The molecule has 0 radical (unpaired) electrons. The van der Waals surface area contributed by atoms with Gasteiger partial charge in [-0.2, -0.15) is 0 Å². The average molecular weight is 368 g/mol. The van der Waals surface area contributed by atoms with Crippen LogP contribution in [0.2, 0.25) is 0 Å². The third-order valence-electron chi connectivity index (χ3n) is 5.42. The molecule has 0 bridgehead atoms. The number of rotatable bonds is 3. The maximum Gasteiger partial charge on any atom is 0.0780 e. The van der Waals surface area contributed by atoms with Gasteiger partial charge in [0.25, 0.3) is 0 Å². The minimum absolute atomic E-state index is 0.0740. The summed E-state index contributed by atoms with van der Waals surface area (Å²) in [5.74, 6) is 0.661. The molecule has 1 heteroatoms. The summed E-state index contributed by atoms with van der Waals surface area (Å²) in [5, 5.41) is 5.11. The quantitative estimate of drug-likeness (QED) is 0.364. The molecular weight excluding hydrogens is 338 g/mol. The SMILES string of the molecule is CC(C)Cc1ccc2c(-c3cc(C(C)(C)C)c4ccccc4c3)nccc2c1. The monoisotopic (exact) mass is 367 g/mol. The Kier molecular flexibility index (Phi) is 4.71. The minimum Gasteiger partial charge on any atom is -0.256 e. The van der Waals surface area contributed by atoms with E-state index in [2.05, 4.69) is 95.3 Å². The fourth-order valence-electron chi connectivity index (χ4n) is 4.12.